The number of halogens is 2. The Bertz CT molecular complexity index is 560. The van der Waals surface area contributed by atoms with Crippen molar-refractivity contribution in [2.45, 2.75) is 13.0 Å². The molecular weight excluding hydrogens is 255 g/mol. The summed E-state index contributed by atoms with van der Waals surface area (Å²) < 4.78 is 19.0. The van der Waals surface area contributed by atoms with Gasteiger partial charge in [-0.15, -0.1) is 0 Å². The average Bonchev–Trinajstić information content (AvgIpc) is 2.35. The van der Waals surface area contributed by atoms with Crippen LogP contribution in [0.3, 0.4) is 0 Å². The maximum Gasteiger partial charge on any atom is 0.219 e. The number of ether oxygens (including phenoxy) is 1. The van der Waals surface area contributed by atoms with E-state index in [1.165, 1.54) is 12.1 Å². The molecule has 0 fully saturated rings. The normalized spacial score (nSPS) is 12.2. The van der Waals surface area contributed by atoms with Crippen LogP contribution in [0.15, 0.2) is 36.5 Å². The number of nitrogens with zero attached hydrogens (tertiary/aromatic N) is 1. The number of pyridine rings is 1. The predicted molar refractivity (Wildman–Crippen MR) is 68.3 cm³/mol. The van der Waals surface area contributed by atoms with Crippen LogP contribution in [0.4, 0.5) is 4.39 Å². The molecule has 5 heteroatoms. The summed E-state index contributed by atoms with van der Waals surface area (Å²) in [5.41, 5.74) is 6.61. The Balaban J connectivity index is 2.28. The van der Waals surface area contributed by atoms with Gasteiger partial charge in [-0.2, -0.15) is 0 Å². The molecule has 1 unspecified atom stereocenters. The Labute approximate surface area is 109 Å². The second-order valence-electron chi connectivity index (χ2n) is 3.87. The standard InChI is InChI=1S/C13H12ClFN2O/c1-8(16)9-5-6-17-12(7-9)18-11-4-2-3-10(14)13(11)15/h2-8H,16H2,1H3. The van der Waals surface area contributed by atoms with Crippen LogP contribution in [-0.2, 0) is 0 Å². The van der Waals surface area contributed by atoms with E-state index in [2.05, 4.69) is 4.98 Å². The van der Waals surface area contributed by atoms with Crippen molar-refractivity contribution >= 4 is 11.6 Å². The number of aromatic nitrogens is 1. The van der Waals surface area contributed by atoms with Crippen molar-refractivity contribution in [2.75, 3.05) is 0 Å². The summed E-state index contributed by atoms with van der Waals surface area (Å²) in [6.45, 7) is 1.85. The highest BCUT2D eigenvalue weighted by Crippen LogP contribution is 2.28. The molecule has 0 aliphatic heterocycles. The molecule has 0 aliphatic carbocycles. The maximum absolute atomic E-state index is 13.6. The van der Waals surface area contributed by atoms with Crippen LogP contribution in [0.1, 0.15) is 18.5 Å². The summed E-state index contributed by atoms with van der Waals surface area (Å²) in [5.74, 6) is -0.282. The zero-order chi connectivity index (χ0) is 13.1. The van der Waals surface area contributed by atoms with Gasteiger partial charge in [0.15, 0.2) is 11.6 Å². The largest absolute Gasteiger partial charge is 0.436 e. The molecule has 1 atom stereocenters. The Hall–Kier alpha value is -1.65. The van der Waals surface area contributed by atoms with Crippen molar-refractivity contribution in [2.24, 2.45) is 5.73 Å². The molecular formula is C13H12ClFN2O. The third kappa shape index (κ3) is 2.78. The van der Waals surface area contributed by atoms with E-state index >= 15 is 0 Å². The van der Waals surface area contributed by atoms with E-state index in [-0.39, 0.29) is 22.7 Å². The topological polar surface area (TPSA) is 48.1 Å². The van der Waals surface area contributed by atoms with E-state index < -0.39 is 5.82 Å². The van der Waals surface area contributed by atoms with Crippen LogP contribution < -0.4 is 10.5 Å². The summed E-state index contributed by atoms with van der Waals surface area (Å²) in [6.07, 6.45) is 1.57. The van der Waals surface area contributed by atoms with Gasteiger partial charge >= 0.3 is 0 Å². The van der Waals surface area contributed by atoms with Crippen LogP contribution >= 0.6 is 11.6 Å². The highest BCUT2D eigenvalue weighted by atomic mass is 35.5. The van der Waals surface area contributed by atoms with Crippen molar-refractivity contribution in [3.63, 3.8) is 0 Å². The lowest BCUT2D eigenvalue weighted by Gasteiger charge is -2.09. The van der Waals surface area contributed by atoms with Gasteiger partial charge in [0, 0.05) is 18.3 Å². The summed E-state index contributed by atoms with van der Waals surface area (Å²) in [7, 11) is 0. The Morgan fingerprint density at radius 3 is 2.89 bits per heavy atom. The van der Waals surface area contributed by atoms with E-state index in [4.69, 9.17) is 22.1 Å². The molecule has 0 saturated heterocycles. The second-order valence-corrected chi connectivity index (χ2v) is 4.28. The number of rotatable bonds is 3. The maximum atomic E-state index is 13.6. The summed E-state index contributed by atoms with van der Waals surface area (Å²) in [5, 5.41) is 0.0100. The van der Waals surface area contributed by atoms with Crippen molar-refractivity contribution in [3.8, 4) is 11.6 Å². The highest BCUT2D eigenvalue weighted by Gasteiger charge is 2.10. The van der Waals surface area contributed by atoms with E-state index in [0.717, 1.165) is 5.56 Å². The van der Waals surface area contributed by atoms with Crippen LogP contribution in [0.25, 0.3) is 0 Å². The fourth-order valence-corrected chi connectivity index (χ4v) is 1.61. The molecule has 1 aromatic carbocycles. The van der Waals surface area contributed by atoms with Crippen LogP contribution in [-0.4, -0.2) is 4.98 Å². The monoisotopic (exact) mass is 266 g/mol. The number of hydrogen-bond donors (Lipinski definition) is 1. The summed E-state index contributed by atoms with van der Waals surface area (Å²) >= 11 is 5.67. The number of benzene rings is 1. The number of hydrogen-bond acceptors (Lipinski definition) is 3. The van der Waals surface area contributed by atoms with Crippen molar-refractivity contribution in [1.29, 1.82) is 0 Å². The molecule has 0 amide bonds. The highest BCUT2D eigenvalue weighted by molar-refractivity contribution is 6.30. The van der Waals surface area contributed by atoms with Gasteiger partial charge in [0.25, 0.3) is 0 Å². The van der Waals surface area contributed by atoms with Crippen LogP contribution in [0.5, 0.6) is 11.6 Å². The third-order valence-electron chi connectivity index (χ3n) is 2.42. The van der Waals surface area contributed by atoms with E-state index in [1.807, 2.05) is 6.92 Å². The molecule has 0 spiro atoms. The minimum Gasteiger partial charge on any atom is -0.436 e. The van der Waals surface area contributed by atoms with E-state index in [1.54, 1.807) is 24.4 Å². The van der Waals surface area contributed by atoms with Gasteiger partial charge in [-0.05, 0) is 30.7 Å². The molecule has 0 bridgehead atoms. The Kier molecular flexibility index (Phi) is 3.79. The molecule has 1 heterocycles. The Morgan fingerprint density at radius 1 is 1.39 bits per heavy atom. The lowest BCUT2D eigenvalue weighted by atomic mass is 10.1. The van der Waals surface area contributed by atoms with Crippen molar-refractivity contribution < 1.29 is 9.13 Å². The van der Waals surface area contributed by atoms with Crippen molar-refractivity contribution in [3.05, 3.63) is 52.9 Å². The first-order chi connectivity index (χ1) is 8.58. The van der Waals surface area contributed by atoms with Gasteiger partial charge in [0.1, 0.15) is 0 Å². The molecule has 94 valence electrons. The first-order valence-electron chi connectivity index (χ1n) is 5.41. The minimum absolute atomic E-state index is 0.0100. The van der Waals surface area contributed by atoms with E-state index in [9.17, 15) is 4.39 Å². The summed E-state index contributed by atoms with van der Waals surface area (Å²) in [6, 6.07) is 7.86. The molecule has 0 saturated carbocycles. The zero-order valence-corrected chi connectivity index (χ0v) is 10.5. The van der Waals surface area contributed by atoms with E-state index in [0.29, 0.717) is 0 Å². The van der Waals surface area contributed by atoms with Crippen LogP contribution in [0.2, 0.25) is 5.02 Å². The molecule has 1 aromatic heterocycles. The molecule has 3 nitrogen and oxygen atoms in total. The van der Waals surface area contributed by atoms with Gasteiger partial charge in [-0.3, -0.25) is 0 Å². The lowest BCUT2D eigenvalue weighted by molar-refractivity contribution is 0.426. The zero-order valence-electron chi connectivity index (χ0n) is 9.73. The molecule has 2 aromatic rings. The average molecular weight is 267 g/mol. The first kappa shape index (κ1) is 12.8. The molecule has 0 radical (unpaired) electrons. The smallest absolute Gasteiger partial charge is 0.219 e. The first-order valence-corrected chi connectivity index (χ1v) is 5.79. The molecule has 2 N–H and O–H groups in total. The fraction of sp³-hybridized carbons (Fsp3) is 0.154. The quantitative estimate of drug-likeness (QED) is 0.922. The molecule has 2 rings (SSSR count). The van der Waals surface area contributed by atoms with Gasteiger partial charge in [-0.25, -0.2) is 9.37 Å². The molecule has 0 aliphatic rings. The van der Waals surface area contributed by atoms with Gasteiger partial charge in [0.2, 0.25) is 5.88 Å². The predicted octanol–water partition coefficient (Wildman–Crippen LogP) is 3.69. The van der Waals surface area contributed by atoms with Gasteiger partial charge < -0.3 is 10.5 Å². The molecule has 18 heavy (non-hydrogen) atoms. The fourth-order valence-electron chi connectivity index (χ4n) is 1.44. The minimum atomic E-state index is -0.604. The van der Waals surface area contributed by atoms with Gasteiger partial charge in [-0.1, -0.05) is 17.7 Å². The Morgan fingerprint density at radius 2 is 2.17 bits per heavy atom. The second kappa shape index (κ2) is 5.33. The van der Waals surface area contributed by atoms with Crippen LogP contribution in [0, 0.1) is 5.82 Å². The van der Waals surface area contributed by atoms with Crippen molar-refractivity contribution in [1.82, 2.24) is 4.98 Å². The van der Waals surface area contributed by atoms with Gasteiger partial charge in [0.05, 0.1) is 5.02 Å². The number of nitrogens with two attached hydrogens (primary N) is 1. The SMILES string of the molecule is CC(N)c1ccnc(Oc2cccc(Cl)c2F)c1. The third-order valence-corrected chi connectivity index (χ3v) is 2.71. The summed E-state index contributed by atoms with van der Waals surface area (Å²) in [4.78, 5) is 4.00. The lowest BCUT2D eigenvalue weighted by Crippen LogP contribution is -2.05.